The standard InChI is InChI=1S/C16H10N2O4/c19-13-11(9-5-1-3-7-17-9)14(20)16(22)12(15(13)21)10-6-2-4-8-18-10/h1-8,19,22H. The molecule has 6 nitrogen and oxygen atoms in total. The second kappa shape index (κ2) is 5.25. The largest absolute Gasteiger partial charge is 0.504 e. The van der Waals surface area contributed by atoms with Crippen LogP contribution >= 0.6 is 0 Å². The van der Waals surface area contributed by atoms with Crippen molar-refractivity contribution in [2.24, 2.45) is 0 Å². The summed E-state index contributed by atoms with van der Waals surface area (Å²) < 4.78 is 0. The molecule has 0 saturated heterocycles. The second-order valence-electron chi connectivity index (χ2n) is 4.54. The van der Waals surface area contributed by atoms with Gasteiger partial charge in [-0.1, -0.05) is 12.1 Å². The summed E-state index contributed by atoms with van der Waals surface area (Å²) in [7, 11) is 0. The van der Waals surface area contributed by atoms with Gasteiger partial charge in [-0.3, -0.25) is 19.6 Å². The zero-order chi connectivity index (χ0) is 15.7. The van der Waals surface area contributed by atoms with E-state index in [2.05, 4.69) is 9.97 Å². The smallest absolute Gasteiger partial charge is 0.234 e. The van der Waals surface area contributed by atoms with Gasteiger partial charge in [-0.25, -0.2) is 0 Å². The Morgan fingerprint density at radius 1 is 0.682 bits per heavy atom. The molecule has 2 aromatic heterocycles. The lowest BCUT2D eigenvalue weighted by Crippen LogP contribution is -2.23. The van der Waals surface area contributed by atoms with Crippen molar-refractivity contribution in [3.05, 3.63) is 71.7 Å². The Kier molecular flexibility index (Phi) is 3.27. The summed E-state index contributed by atoms with van der Waals surface area (Å²) in [5.74, 6) is -3.22. The molecular formula is C16H10N2O4. The summed E-state index contributed by atoms with van der Waals surface area (Å²) in [6, 6.07) is 9.41. The number of Topliss-reactive ketones (excluding diaryl/α,β-unsaturated/α-hetero) is 2. The molecule has 1 aliphatic carbocycles. The number of hydrogen-bond acceptors (Lipinski definition) is 6. The molecule has 0 bridgehead atoms. The second-order valence-corrected chi connectivity index (χ2v) is 4.54. The molecule has 22 heavy (non-hydrogen) atoms. The Labute approximate surface area is 125 Å². The highest BCUT2D eigenvalue weighted by Crippen LogP contribution is 2.32. The van der Waals surface area contributed by atoms with E-state index in [4.69, 9.17) is 0 Å². The third kappa shape index (κ3) is 2.07. The predicted octanol–water partition coefficient (Wildman–Crippen LogP) is 1.87. The first-order valence-electron chi connectivity index (χ1n) is 6.40. The van der Waals surface area contributed by atoms with E-state index in [1.165, 1.54) is 24.5 Å². The Hall–Kier alpha value is -3.28. The SMILES string of the molecule is O=C1C(O)=C(c2ccccn2)C(=O)C(O)=C1c1ccccn1. The van der Waals surface area contributed by atoms with Crippen molar-refractivity contribution in [3.8, 4) is 0 Å². The summed E-state index contributed by atoms with van der Waals surface area (Å²) in [6.45, 7) is 0. The normalized spacial score (nSPS) is 15.5. The average molecular weight is 294 g/mol. The zero-order valence-corrected chi connectivity index (χ0v) is 11.2. The van der Waals surface area contributed by atoms with Crippen LogP contribution in [-0.4, -0.2) is 31.7 Å². The minimum Gasteiger partial charge on any atom is -0.504 e. The van der Waals surface area contributed by atoms with E-state index in [1.807, 2.05) is 0 Å². The van der Waals surface area contributed by atoms with Gasteiger partial charge in [0.25, 0.3) is 0 Å². The fourth-order valence-electron chi connectivity index (χ4n) is 2.18. The van der Waals surface area contributed by atoms with Crippen LogP contribution in [0.2, 0.25) is 0 Å². The molecule has 0 unspecified atom stereocenters. The number of aliphatic hydroxyl groups is 2. The van der Waals surface area contributed by atoms with Crippen molar-refractivity contribution in [2.45, 2.75) is 0 Å². The summed E-state index contributed by atoms with van der Waals surface area (Å²) in [5, 5.41) is 20.2. The first-order valence-corrected chi connectivity index (χ1v) is 6.40. The van der Waals surface area contributed by atoms with Crippen molar-refractivity contribution < 1.29 is 19.8 Å². The van der Waals surface area contributed by atoms with E-state index in [0.29, 0.717) is 0 Å². The monoisotopic (exact) mass is 294 g/mol. The average Bonchev–Trinajstić information content (AvgIpc) is 2.55. The van der Waals surface area contributed by atoms with Crippen LogP contribution in [0.15, 0.2) is 60.3 Å². The van der Waals surface area contributed by atoms with E-state index in [0.717, 1.165) is 0 Å². The Morgan fingerprint density at radius 2 is 1.09 bits per heavy atom. The third-order valence-electron chi connectivity index (χ3n) is 3.20. The van der Waals surface area contributed by atoms with Crippen LogP contribution in [0.1, 0.15) is 11.4 Å². The highest BCUT2D eigenvalue weighted by atomic mass is 16.3. The molecule has 0 fully saturated rings. The number of carbonyl (C=O) groups is 2. The minimum absolute atomic E-state index is 0.116. The summed E-state index contributed by atoms with van der Waals surface area (Å²) in [4.78, 5) is 32.5. The molecule has 0 aromatic carbocycles. The van der Waals surface area contributed by atoms with Crippen molar-refractivity contribution >= 4 is 22.7 Å². The summed E-state index contributed by atoms with van der Waals surface area (Å²) in [5.41, 5.74) is -0.402. The van der Waals surface area contributed by atoms with Crippen molar-refractivity contribution in [1.29, 1.82) is 0 Å². The van der Waals surface area contributed by atoms with E-state index >= 15 is 0 Å². The molecule has 2 heterocycles. The molecule has 0 radical (unpaired) electrons. The third-order valence-corrected chi connectivity index (χ3v) is 3.20. The molecule has 1 aliphatic rings. The highest BCUT2D eigenvalue weighted by molar-refractivity contribution is 6.46. The predicted molar refractivity (Wildman–Crippen MR) is 77.6 cm³/mol. The van der Waals surface area contributed by atoms with Gasteiger partial charge < -0.3 is 10.2 Å². The molecule has 2 N–H and O–H groups in total. The first kappa shape index (κ1) is 13.7. The number of hydrogen-bond donors (Lipinski definition) is 2. The molecule has 0 atom stereocenters. The number of aromatic nitrogens is 2. The number of carbonyl (C=O) groups excluding carboxylic acids is 2. The summed E-state index contributed by atoms with van der Waals surface area (Å²) >= 11 is 0. The van der Waals surface area contributed by atoms with Gasteiger partial charge in [-0.2, -0.15) is 0 Å². The van der Waals surface area contributed by atoms with Crippen LogP contribution in [0.3, 0.4) is 0 Å². The number of ketones is 2. The number of rotatable bonds is 2. The maximum atomic E-state index is 12.3. The number of pyridine rings is 2. The molecule has 6 heteroatoms. The lowest BCUT2D eigenvalue weighted by Gasteiger charge is -2.17. The Bertz CT molecular complexity index is 752. The molecule has 2 aromatic rings. The van der Waals surface area contributed by atoms with Gasteiger partial charge in [0, 0.05) is 12.4 Å². The van der Waals surface area contributed by atoms with Crippen LogP contribution < -0.4 is 0 Å². The van der Waals surface area contributed by atoms with Crippen molar-refractivity contribution in [2.75, 3.05) is 0 Å². The molecule has 0 saturated carbocycles. The fraction of sp³-hybridized carbons (Fsp3) is 0. The number of aliphatic hydroxyl groups excluding tert-OH is 2. The van der Waals surface area contributed by atoms with Crippen LogP contribution in [-0.2, 0) is 9.59 Å². The topological polar surface area (TPSA) is 100 Å². The molecular weight excluding hydrogens is 284 g/mol. The van der Waals surface area contributed by atoms with Crippen LogP contribution in [0.25, 0.3) is 11.1 Å². The minimum atomic E-state index is -0.864. The van der Waals surface area contributed by atoms with E-state index in [-0.39, 0.29) is 22.5 Å². The molecule has 108 valence electrons. The van der Waals surface area contributed by atoms with Gasteiger partial charge in [0.15, 0.2) is 11.5 Å². The van der Waals surface area contributed by atoms with E-state index in [1.54, 1.807) is 24.3 Å². The lowest BCUT2D eigenvalue weighted by atomic mass is 9.89. The number of nitrogens with zero attached hydrogens (tertiary/aromatic N) is 2. The summed E-state index contributed by atoms with van der Waals surface area (Å²) in [6.07, 6.45) is 2.84. The fourth-order valence-corrected chi connectivity index (χ4v) is 2.18. The van der Waals surface area contributed by atoms with Crippen molar-refractivity contribution in [1.82, 2.24) is 9.97 Å². The molecule has 0 aliphatic heterocycles. The lowest BCUT2D eigenvalue weighted by molar-refractivity contribution is -0.116. The van der Waals surface area contributed by atoms with Crippen LogP contribution in [0.5, 0.6) is 0 Å². The quantitative estimate of drug-likeness (QED) is 0.820. The van der Waals surface area contributed by atoms with Gasteiger partial charge in [0.2, 0.25) is 11.6 Å². The maximum Gasteiger partial charge on any atom is 0.234 e. The Balaban J connectivity index is 2.16. The first-order chi connectivity index (χ1) is 10.6. The zero-order valence-electron chi connectivity index (χ0n) is 11.2. The van der Waals surface area contributed by atoms with Gasteiger partial charge in [-0.05, 0) is 24.3 Å². The van der Waals surface area contributed by atoms with Gasteiger partial charge in [0.1, 0.15) is 0 Å². The molecule has 0 spiro atoms. The van der Waals surface area contributed by atoms with E-state index in [9.17, 15) is 19.8 Å². The van der Waals surface area contributed by atoms with Gasteiger partial charge in [-0.15, -0.1) is 0 Å². The van der Waals surface area contributed by atoms with E-state index < -0.39 is 23.1 Å². The number of allylic oxidation sites excluding steroid dienone is 2. The molecule has 0 amide bonds. The maximum absolute atomic E-state index is 12.3. The highest BCUT2D eigenvalue weighted by Gasteiger charge is 2.37. The Morgan fingerprint density at radius 3 is 1.41 bits per heavy atom. The van der Waals surface area contributed by atoms with Crippen LogP contribution in [0, 0.1) is 0 Å². The van der Waals surface area contributed by atoms with Gasteiger partial charge in [0.05, 0.1) is 22.5 Å². The van der Waals surface area contributed by atoms with Crippen LogP contribution in [0.4, 0.5) is 0 Å². The van der Waals surface area contributed by atoms with Gasteiger partial charge >= 0.3 is 0 Å². The molecule has 3 rings (SSSR count). The van der Waals surface area contributed by atoms with Crippen molar-refractivity contribution in [3.63, 3.8) is 0 Å².